The number of hydrogen-bond donors (Lipinski definition) is 1. The molecule has 0 unspecified atom stereocenters. The molecule has 1 atom stereocenters. The van der Waals surface area contributed by atoms with E-state index < -0.39 is 35.7 Å². The summed E-state index contributed by atoms with van der Waals surface area (Å²) in [5.41, 5.74) is 0.369. The van der Waals surface area contributed by atoms with Crippen LogP contribution < -0.4 is 5.56 Å². The molecule has 0 saturated heterocycles. The van der Waals surface area contributed by atoms with E-state index in [1.165, 1.54) is 30.1 Å². The summed E-state index contributed by atoms with van der Waals surface area (Å²) in [6, 6.07) is 5.03. The van der Waals surface area contributed by atoms with Crippen LogP contribution in [0.15, 0.2) is 35.1 Å². The normalized spacial score (nSPS) is 15.8. The molecule has 12 heteroatoms. The van der Waals surface area contributed by atoms with Gasteiger partial charge in [-0.25, -0.2) is 13.5 Å². The Hall–Kier alpha value is -3.44. The molecule has 34 heavy (non-hydrogen) atoms. The van der Waals surface area contributed by atoms with Crippen LogP contribution in [0.4, 0.5) is 17.6 Å². The van der Waals surface area contributed by atoms with Gasteiger partial charge in [0.2, 0.25) is 0 Å². The monoisotopic (exact) mass is 494 g/mol. The second-order valence-electron chi connectivity index (χ2n) is 7.85. The van der Waals surface area contributed by atoms with E-state index in [4.69, 9.17) is 16.3 Å². The molecular weight excluding hydrogens is 480 g/mol. The van der Waals surface area contributed by atoms with Gasteiger partial charge in [-0.3, -0.25) is 9.59 Å². The first kappa shape index (κ1) is 22.4. The topological polar surface area (TPSA) is 80.2 Å². The van der Waals surface area contributed by atoms with Crippen molar-refractivity contribution in [2.45, 2.75) is 19.2 Å². The van der Waals surface area contributed by atoms with Crippen molar-refractivity contribution < 1.29 is 27.1 Å². The Morgan fingerprint density at radius 1 is 1.21 bits per heavy atom. The number of rotatable bonds is 3. The van der Waals surface area contributed by atoms with Crippen LogP contribution in [0.3, 0.4) is 0 Å². The standard InChI is InChI=1S/C22H15ClF4N4O3/c1-30(21(33)9-2-3-16-12(4-9)19(23)29-31(16)22(26)27)17-8-34-7-15-18(17)10-5-13(24)14(25)6-11(10)20(32)28-15/h2-6,17,22H,7-8H2,1H3,(H,28,32)/t17-/m0/s1. The van der Waals surface area contributed by atoms with Gasteiger partial charge in [-0.05, 0) is 35.7 Å². The molecule has 1 aliphatic rings. The summed E-state index contributed by atoms with van der Waals surface area (Å²) >= 11 is 5.99. The average molecular weight is 495 g/mol. The minimum atomic E-state index is -2.91. The predicted octanol–water partition coefficient (Wildman–Crippen LogP) is 4.55. The Labute approximate surface area is 193 Å². The van der Waals surface area contributed by atoms with E-state index in [0.717, 1.165) is 12.1 Å². The summed E-state index contributed by atoms with van der Waals surface area (Å²) in [5.74, 6) is -2.80. The van der Waals surface area contributed by atoms with Gasteiger partial charge in [0.25, 0.3) is 11.5 Å². The molecule has 0 aliphatic carbocycles. The summed E-state index contributed by atoms with van der Waals surface area (Å²) in [4.78, 5) is 29.7. The van der Waals surface area contributed by atoms with E-state index in [2.05, 4.69) is 10.1 Å². The minimum Gasteiger partial charge on any atom is -0.373 e. The third-order valence-corrected chi connectivity index (χ3v) is 6.20. The molecule has 2 aromatic heterocycles. The Morgan fingerprint density at radius 2 is 1.91 bits per heavy atom. The van der Waals surface area contributed by atoms with E-state index in [0.29, 0.717) is 15.9 Å². The SMILES string of the molecule is CN(C(=O)c1ccc2c(c1)c(Cl)nn2C(F)F)[C@H]1COCc2[nH]c(=O)c3cc(F)c(F)cc3c21. The molecular formula is C22H15ClF4N4O3. The summed E-state index contributed by atoms with van der Waals surface area (Å²) in [7, 11) is 1.48. The Kier molecular flexibility index (Phi) is 5.33. The highest BCUT2D eigenvalue weighted by Crippen LogP contribution is 2.35. The van der Waals surface area contributed by atoms with E-state index in [1.807, 2.05) is 0 Å². The average Bonchev–Trinajstić information content (AvgIpc) is 3.15. The number of carbonyl (C=O) groups excluding carboxylic acids is 1. The summed E-state index contributed by atoms with van der Waals surface area (Å²) in [6.45, 7) is -2.86. The molecule has 2 aromatic carbocycles. The maximum atomic E-state index is 14.1. The Morgan fingerprint density at radius 3 is 2.62 bits per heavy atom. The van der Waals surface area contributed by atoms with Gasteiger partial charge in [-0.15, -0.1) is 0 Å². The Balaban J connectivity index is 1.59. The van der Waals surface area contributed by atoms with E-state index in [-0.39, 0.29) is 45.6 Å². The van der Waals surface area contributed by atoms with Crippen molar-refractivity contribution in [1.82, 2.24) is 19.7 Å². The molecule has 1 amide bonds. The fourth-order valence-corrected chi connectivity index (χ4v) is 4.51. The van der Waals surface area contributed by atoms with Crippen molar-refractivity contribution in [2.24, 2.45) is 0 Å². The molecule has 0 saturated carbocycles. The molecule has 3 heterocycles. The smallest absolute Gasteiger partial charge is 0.333 e. The van der Waals surface area contributed by atoms with E-state index >= 15 is 0 Å². The highest BCUT2D eigenvalue weighted by molar-refractivity contribution is 6.34. The number of ether oxygens (including phenoxy) is 1. The molecule has 0 radical (unpaired) electrons. The molecule has 1 N–H and O–H groups in total. The van der Waals surface area contributed by atoms with Crippen molar-refractivity contribution in [3.8, 4) is 0 Å². The summed E-state index contributed by atoms with van der Waals surface area (Å²) in [6.07, 6.45) is 0. The maximum Gasteiger partial charge on any atom is 0.333 e. The lowest BCUT2D eigenvalue weighted by Crippen LogP contribution is -2.37. The van der Waals surface area contributed by atoms with Crippen molar-refractivity contribution in [3.05, 3.63) is 74.3 Å². The number of alkyl halides is 2. The van der Waals surface area contributed by atoms with Crippen molar-refractivity contribution in [2.75, 3.05) is 13.7 Å². The minimum absolute atomic E-state index is 0.0203. The van der Waals surface area contributed by atoms with Gasteiger partial charge in [0, 0.05) is 29.3 Å². The first-order valence-corrected chi connectivity index (χ1v) is 10.4. The van der Waals surface area contributed by atoms with Gasteiger partial charge in [-0.2, -0.15) is 13.9 Å². The van der Waals surface area contributed by atoms with Gasteiger partial charge < -0.3 is 14.6 Å². The number of pyridine rings is 1. The van der Waals surface area contributed by atoms with Gasteiger partial charge in [0.1, 0.15) is 0 Å². The number of aromatic nitrogens is 3. The van der Waals surface area contributed by atoms with Crippen molar-refractivity contribution in [3.63, 3.8) is 0 Å². The number of H-pyrrole nitrogens is 1. The van der Waals surface area contributed by atoms with Crippen LogP contribution in [-0.2, 0) is 11.3 Å². The fourth-order valence-electron chi connectivity index (χ4n) is 4.28. The zero-order chi connectivity index (χ0) is 24.3. The number of nitrogens with zero attached hydrogens (tertiary/aromatic N) is 3. The highest BCUT2D eigenvalue weighted by Gasteiger charge is 2.32. The molecule has 1 aliphatic heterocycles. The van der Waals surface area contributed by atoms with Crippen molar-refractivity contribution in [1.29, 1.82) is 0 Å². The molecule has 4 aromatic rings. The molecule has 5 rings (SSSR count). The number of hydrogen-bond acceptors (Lipinski definition) is 4. The lowest BCUT2D eigenvalue weighted by atomic mass is 9.95. The van der Waals surface area contributed by atoms with Crippen molar-refractivity contribution >= 4 is 39.2 Å². The zero-order valence-electron chi connectivity index (χ0n) is 17.4. The number of benzene rings is 2. The number of amides is 1. The van der Waals surface area contributed by atoms with Gasteiger partial charge >= 0.3 is 6.55 Å². The molecule has 176 valence electrons. The zero-order valence-corrected chi connectivity index (χ0v) is 18.2. The van der Waals surface area contributed by atoms with Crippen LogP contribution in [0.2, 0.25) is 5.15 Å². The number of likely N-dealkylation sites (N-methyl/N-ethyl adjacent to an activating group) is 1. The number of carbonyl (C=O) groups is 1. The van der Waals surface area contributed by atoms with E-state index in [1.54, 1.807) is 0 Å². The number of nitrogens with one attached hydrogen (secondary N) is 1. The second kappa shape index (κ2) is 8.10. The maximum absolute atomic E-state index is 14.1. The van der Waals surface area contributed by atoms with Gasteiger partial charge in [0.05, 0.1) is 30.2 Å². The number of aromatic amines is 1. The summed E-state index contributed by atoms with van der Waals surface area (Å²) < 4.78 is 60.2. The van der Waals surface area contributed by atoms with Crippen LogP contribution >= 0.6 is 11.6 Å². The van der Waals surface area contributed by atoms with Gasteiger partial charge in [0.15, 0.2) is 16.8 Å². The third-order valence-electron chi connectivity index (χ3n) is 5.92. The quantitative estimate of drug-likeness (QED) is 0.424. The summed E-state index contributed by atoms with van der Waals surface area (Å²) in [5, 5.41) is 3.70. The van der Waals surface area contributed by atoms with E-state index in [9.17, 15) is 27.2 Å². The molecule has 0 fully saturated rings. The molecule has 0 bridgehead atoms. The van der Waals surface area contributed by atoms with Crippen LogP contribution in [0.5, 0.6) is 0 Å². The molecule has 0 spiro atoms. The largest absolute Gasteiger partial charge is 0.373 e. The lowest BCUT2D eigenvalue weighted by Gasteiger charge is -2.34. The lowest BCUT2D eigenvalue weighted by molar-refractivity contribution is 0.0336. The third kappa shape index (κ3) is 3.43. The highest BCUT2D eigenvalue weighted by atomic mass is 35.5. The Bertz CT molecular complexity index is 1530. The van der Waals surface area contributed by atoms with Crippen LogP contribution in [-0.4, -0.2) is 39.2 Å². The number of fused-ring (bicyclic) bond motifs is 4. The first-order valence-electron chi connectivity index (χ1n) is 10.0. The predicted molar refractivity (Wildman–Crippen MR) is 115 cm³/mol. The van der Waals surface area contributed by atoms with Crippen LogP contribution in [0, 0.1) is 11.6 Å². The molecule has 7 nitrogen and oxygen atoms in total. The fraction of sp³-hybridized carbons (Fsp3) is 0.227. The van der Waals surface area contributed by atoms with Gasteiger partial charge in [-0.1, -0.05) is 11.6 Å². The van der Waals surface area contributed by atoms with Crippen LogP contribution in [0.25, 0.3) is 21.7 Å². The number of halogens is 5. The van der Waals surface area contributed by atoms with Crippen LogP contribution in [0.1, 0.15) is 34.2 Å². The second-order valence-corrected chi connectivity index (χ2v) is 8.21. The first-order chi connectivity index (χ1) is 16.2.